The van der Waals surface area contributed by atoms with Gasteiger partial charge >= 0.3 is 30.9 Å². The predicted octanol–water partition coefficient (Wildman–Crippen LogP) is 9.96. The predicted molar refractivity (Wildman–Crippen MR) is 116 cm³/mol. The van der Waals surface area contributed by atoms with Crippen LogP contribution in [0.3, 0.4) is 0 Å². The molecule has 1 N–H and O–H groups in total. The summed E-state index contributed by atoms with van der Waals surface area (Å²) in [6.45, 7) is 0.317. The van der Waals surface area contributed by atoms with Gasteiger partial charge in [0.05, 0.1) is 27.8 Å². The van der Waals surface area contributed by atoms with E-state index in [1.807, 2.05) is 0 Å². The van der Waals surface area contributed by atoms with E-state index in [9.17, 15) is 71.0 Å². The highest BCUT2D eigenvalue weighted by Gasteiger charge is 2.46. The van der Waals surface area contributed by atoms with Crippen LogP contribution < -0.4 is 0 Å². The average molecular weight is 646 g/mol. The van der Waals surface area contributed by atoms with E-state index >= 15 is 4.39 Å². The van der Waals surface area contributed by atoms with Gasteiger partial charge in [-0.15, -0.1) is 0 Å². The zero-order valence-corrected chi connectivity index (χ0v) is 20.8. The summed E-state index contributed by atoms with van der Waals surface area (Å²) < 4.78 is 218. The first-order chi connectivity index (χ1) is 19.1. The SMILES string of the molecule is CC(O)(c1cccc(C(F)(F)F)c1F)C(c1cc(C(F)(F)F)cc(C(F)(F)F)c1)c1cc(C(F)(F)F)cc(C(F)(F)F)c1. The van der Waals surface area contributed by atoms with Crippen LogP contribution in [0.5, 0.6) is 0 Å². The number of aliphatic hydroxyl groups is 1. The van der Waals surface area contributed by atoms with Crippen molar-refractivity contribution in [3.63, 3.8) is 0 Å². The van der Waals surface area contributed by atoms with E-state index < -0.39 is 105 Å². The first kappa shape index (κ1) is 34.0. The van der Waals surface area contributed by atoms with Gasteiger partial charge < -0.3 is 5.11 Å². The van der Waals surface area contributed by atoms with E-state index in [1.54, 1.807) is 0 Å². The molecule has 0 fully saturated rings. The Morgan fingerprint density at radius 1 is 0.488 bits per heavy atom. The fraction of sp³-hybridized carbons (Fsp3) is 0.308. The number of benzene rings is 3. The molecule has 3 rings (SSSR count). The highest BCUT2D eigenvalue weighted by Crippen LogP contribution is 2.49. The molecular formula is C26H14F16O. The minimum Gasteiger partial charge on any atom is -0.384 e. The van der Waals surface area contributed by atoms with Crippen molar-refractivity contribution in [3.8, 4) is 0 Å². The van der Waals surface area contributed by atoms with Crippen LogP contribution in [0, 0.1) is 5.82 Å². The average Bonchev–Trinajstić information content (AvgIpc) is 2.80. The van der Waals surface area contributed by atoms with Gasteiger partial charge in [-0.3, -0.25) is 0 Å². The molecule has 1 atom stereocenters. The summed E-state index contributed by atoms with van der Waals surface area (Å²) >= 11 is 0. The number of hydrogen-bond acceptors (Lipinski definition) is 1. The number of rotatable bonds is 4. The smallest absolute Gasteiger partial charge is 0.384 e. The summed E-state index contributed by atoms with van der Waals surface area (Å²) in [5, 5.41) is 11.4. The number of alkyl halides is 15. The van der Waals surface area contributed by atoms with Gasteiger partial charge in [-0.05, 0) is 60.5 Å². The lowest BCUT2D eigenvalue weighted by molar-refractivity contribution is -0.144. The van der Waals surface area contributed by atoms with Gasteiger partial charge in [-0.1, -0.05) is 12.1 Å². The van der Waals surface area contributed by atoms with Gasteiger partial charge in [-0.2, -0.15) is 65.9 Å². The third-order valence-corrected chi connectivity index (χ3v) is 6.30. The summed E-state index contributed by atoms with van der Waals surface area (Å²) in [6, 6.07) is -0.577. The van der Waals surface area contributed by atoms with Crippen LogP contribution in [0.2, 0.25) is 0 Å². The highest BCUT2D eigenvalue weighted by molar-refractivity contribution is 5.48. The van der Waals surface area contributed by atoms with Crippen molar-refractivity contribution in [3.05, 3.63) is 105 Å². The van der Waals surface area contributed by atoms with Crippen molar-refractivity contribution in [1.82, 2.24) is 0 Å². The molecule has 17 heteroatoms. The Morgan fingerprint density at radius 2 is 0.791 bits per heavy atom. The topological polar surface area (TPSA) is 20.2 Å². The number of halogens is 16. The second kappa shape index (κ2) is 10.6. The molecule has 0 spiro atoms. The van der Waals surface area contributed by atoms with E-state index in [2.05, 4.69) is 0 Å². The molecule has 0 heterocycles. The van der Waals surface area contributed by atoms with E-state index in [4.69, 9.17) is 0 Å². The molecule has 0 saturated heterocycles. The second-order valence-electron chi connectivity index (χ2n) is 9.42. The maximum absolute atomic E-state index is 15.1. The van der Waals surface area contributed by atoms with Crippen LogP contribution >= 0.6 is 0 Å². The molecule has 3 aromatic rings. The van der Waals surface area contributed by atoms with E-state index in [0.717, 1.165) is 0 Å². The maximum Gasteiger partial charge on any atom is 0.419 e. The van der Waals surface area contributed by atoms with Crippen molar-refractivity contribution in [2.45, 2.75) is 49.3 Å². The van der Waals surface area contributed by atoms with Crippen molar-refractivity contribution in [2.75, 3.05) is 0 Å². The highest BCUT2D eigenvalue weighted by atomic mass is 19.4. The Hall–Kier alpha value is -3.50. The zero-order valence-electron chi connectivity index (χ0n) is 20.8. The van der Waals surface area contributed by atoms with Gasteiger partial charge in [-0.25, -0.2) is 4.39 Å². The van der Waals surface area contributed by atoms with Crippen molar-refractivity contribution in [1.29, 1.82) is 0 Å². The van der Waals surface area contributed by atoms with Crippen LogP contribution in [0.15, 0.2) is 54.6 Å². The van der Waals surface area contributed by atoms with E-state index in [-0.39, 0.29) is 30.3 Å². The molecule has 0 bridgehead atoms. The minimum atomic E-state index is -5.61. The minimum absolute atomic E-state index is 0.127. The maximum atomic E-state index is 15.1. The molecular weight excluding hydrogens is 632 g/mol. The van der Waals surface area contributed by atoms with Crippen LogP contribution in [0.4, 0.5) is 70.2 Å². The van der Waals surface area contributed by atoms with Gasteiger partial charge in [0, 0.05) is 11.5 Å². The summed E-state index contributed by atoms with van der Waals surface area (Å²) in [5.74, 6) is -5.21. The molecule has 3 aromatic carbocycles. The fourth-order valence-electron chi connectivity index (χ4n) is 4.43. The summed E-state index contributed by atoms with van der Waals surface area (Å²) in [4.78, 5) is 0. The first-order valence-corrected chi connectivity index (χ1v) is 11.3. The zero-order chi connectivity index (χ0) is 33.1. The van der Waals surface area contributed by atoms with Gasteiger partial charge in [0.15, 0.2) is 0 Å². The molecule has 0 radical (unpaired) electrons. The van der Waals surface area contributed by atoms with E-state index in [1.165, 1.54) is 0 Å². The fourth-order valence-corrected chi connectivity index (χ4v) is 4.43. The third kappa shape index (κ3) is 7.18. The van der Waals surface area contributed by atoms with Crippen LogP contribution in [-0.4, -0.2) is 5.11 Å². The van der Waals surface area contributed by atoms with Gasteiger partial charge in [0.2, 0.25) is 0 Å². The Balaban J connectivity index is 2.56. The molecule has 0 aliphatic heterocycles. The Labute approximate surface area is 230 Å². The quantitative estimate of drug-likeness (QED) is 0.280. The largest absolute Gasteiger partial charge is 0.419 e. The molecule has 0 amide bonds. The first-order valence-electron chi connectivity index (χ1n) is 11.3. The molecule has 0 aliphatic carbocycles. The van der Waals surface area contributed by atoms with Crippen LogP contribution in [-0.2, 0) is 36.5 Å². The van der Waals surface area contributed by atoms with Gasteiger partial charge in [0.1, 0.15) is 11.4 Å². The monoisotopic (exact) mass is 646 g/mol. The van der Waals surface area contributed by atoms with Crippen molar-refractivity contribution in [2.24, 2.45) is 0 Å². The molecule has 236 valence electrons. The lowest BCUT2D eigenvalue weighted by atomic mass is 9.73. The van der Waals surface area contributed by atoms with Crippen molar-refractivity contribution < 1.29 is 75.4 Å². The standard InChI is InChI=1S/C26H14F16O/c1-21(43,17-3-2-4-18(20(17)27)26(40,41)42)19(11-5-13(22(28,29)30)9-14(6-11)23(31,32)33)12-7-15(24(34,35)36)10-16(8-12)25(37,38)39/h2-10,19,43H,1H3. The number of hydrogen-bond donors (Lipinski definition) is 1. The summed E-state index contributed by atoms with van der Waals surface area (Å²) in [5.41, 5.74) is -18.6. The van der Waals surface area contributed by atoms with Crippen LogP contribution in [0.25, 0.3) is 0 Å². The Bertz CT molecular complexity index is 1350. The second-order valence-corrected chi connectivity index (χ2v) is 9.42. The van der Waals surface area contributed by atoms with E-state index in [0.29, 0.717) is 19.1 Å². The van der Waals surface area contributed by atoms with Crippen LogP contribution in [0.1, 0.15) is 57.3 Å². The van der Waals surface area contributed by atoms with Crippen molar-refractivity contribution >= 4 is 0 Å². The summed E-state index contributed by atoms with van der Waals surface area (Å²) in [6.07, 6.45) is -27.9. The molecule has 0 saturated carbocycles. The third-order valence-electron chi connectivity index (χ3n) is 6.30. The summed E-state index contributed by atoms with van der Waals surface area (Å²) in [7, 11) is 0. The molecule has 43 heavy (non-hydrogen) atoms. The molecule has 1 unspecified atom stereocenters. The van der Waals surface area contributed by atoms with Gasteiger partial charge in [0.25, 0.3) is 0 Å². The molecule has 0 aromatic heterocycles. The lowest BCUT2D eigenvalue weighted by Gasteiger charge is -2.36. The molecule has 1 nitrogen and oxygen atoms in total. The molecule has 0 aliphatic rings. The Morgan fingerprint density at radius 3 is 1.07 bits per heavy atom. The normalized spacial score (nSPS) is 15.1. The lowest BCUT2D eigenvalue weighted by Crippen LogP contribution is -2.34. The Kier molecular flexibility index (Phi) is 8.37.